The van der Waals surface area contributed by atoms with Gasteiger partial charge >= 0.3 is 0 Å². The highest BCUT2D eigenvalue weighted by Gasteiger charge is 2.46. The quantitative estimate of drug-likeness (QED) is 0.685. The van der Waals surface area contributed by atoms with Crippen LogP contribution in [0.3, 0.4) is 0 Å². The molecule has 0 spiro atoms. The van der Waals surface area contributed by atoms with Gasteiger partial charge in [-0.2, -0.15) is 0 Å². The van der Waals surface area contributed by atoms with E-state index in [1.54, 1.807) is 0 Å². The van der Waals surface area contributed by atoms with Crippen LogP contribution in [-0.4, -0.2) is 16.3 Å². The smallest absolute Gasteiger partial charge is 0.133 e. The molecule has 0 aromatic carbocycles. The molecule has 4 bridgehead atoms. The maximum Gasteiger partial charge on any atom is 0.133 e. The highest BCUT2D eigenvalue weighted by atomic mass is 32.2. The molecule has 0 amide bonds. The maximum absolute atomic E-state index is 6.52. The minimum absolute atomic E-state index is 0.0147. The second-order valence-corrected chi connectivity index (χ2v) is 7.54. The van der Waals surface area contributed by atoms with Gasteiger partial charge in [-0.15, -0.1) is 11.8 Å². The zero-order valence-corrected chi connectivity index (χ0v) is 11.0. The summed E-state index contributed by atoms with van der Waals surface area (Å²) in [6.45, 7) is 0. The summed E-state index contributed by atoms with van der Waals surface area (Å²) in [7, 11) is 0. The Morgan fingerprint density at radius 2 is 1.94 bits per heavy atom. The summed E-state index contributed by atoms with van der Waals surface area (Å²) in [5, 5.41) is 0.690. The Balaban J connectivity index is 1.60. The number of thioether (sulfide) groups is 1. The lowest BCUT2D eigenvalue weighted by Crippen LogP contribution is -2.35. The Hall–Kier alpha value is -0.210. The van der Waals surface area contributed by atoms with Gasteiger partial charge in [0.15, 0.2) is 0 Å². The monoisotopic (exact) mass is 248 g/mol. The summed E-state index contributed by atoms with van der Waals surface area (Å²) in [5.41, 5.74) is 0. The van der Waals surface area contributed by atoms with Gasteiger partial charge in [0.25, 0.3) is 0 Å². The van der Waals surface area contributed by atoms with Crippen LogP contribution in [0.2, 0.25) is 0 Å². The molecule has 0 aromatic rings. The van der Waals surface area contributed by atoms with Crippen LogP contribution < -0.4 is 0 Å². The average molecular weight is 248 g/mol. The van der Waals surface area contributed by atoms with Gasteiger partial charge in [-0.1, -0.05) is 31.1 Å². The number of allylic oxidation sites excluding steroid dienone is 2. The summed E-state index contributed by atoms with van der Waals surface area (Å²) in [6, 6.07) is 0. The van der Waals surface area contributed by atoms with E-state index in [1.165, 1.54) is 38.5 Å². The van der Waals surface area contributed by atoms with Crippen LogP contribution in [0.1, 0.15) is 38.5 Å². The van der Waals surface area contributed by atoms with E-state index in [1.807, 2.05) is 0 Å². The second kappa shape index (κ2) is 3.89. The fourth-order valence-corrected chi connectivity index (χ4v) is 5.51. The predicted octanol–water partition coefficient (Wildman–Crippen LogP) is 3.91. The van der Waals surface area contributed by atoms with Gasteiger partial charge in [0.05, 0.1) is 6.10 Å². The predicted molar refractivity (Wildman–Crippen MR) is 71.9 cm³/mol. The maximum atomic E-state index is 6.52. The van der Waals surface area contributed by atoms with Gasteiger partial charge in [-0.05, 0) is 43.6 Å². The topological polar surface area (TPSA) is 9.23 Å². The first-order valence-electron chi connectivity index (χ1n) is 7.06. The molecule has 2 heteroatoms. The van der Waals surface area contributed by atoms with Gasteiger partial charge in [0.2, 0.25) is 0 Å². The Morgan fingerprint density at radius 1 is 1.06 bits per heavy atom. The SMILES string of the molecule is C1=CC2C[C@@]3(OC4CCCC4)C=CC2CC1S3. The Kier molecular flexibility index (Phi) is 2.45. The molecule has 0 N–H and O–H groups in total. The molecule has 3 aliphatic heterocycles. The van der Waals surface area contributed by atoms with Crippen molar-refractivity contribution in [2.24, 2.45) is 11.8 Å². The molecule has 4 atom stereocenters. The molecule has 1 nitrogen and oxygen atoms in total. The zero-order valence-electron chi connectivity index (χ0n) is 10.2. The van der Waals surface area contributed by atoms with E-state index in [-0.39, 0.29) is 4.93 Å². The van der Waals surface area contributed by atoms with Crippen LogP contribution in [0.15, 0.2) is 24.3 Å². The molecular weight excluding hydrogens is 228 g/mol. The standard InChI is InChI=1S/C15H20OS/c1-2-4-13(3-1)16-15-8-7-11-9-14(17-15)6-5-12(11)10-15/h5-8,11-14H,1-4,9-10H2/t11?,12?,14?,15-/m1/s1. The molecule has 1 saturated heterocycles. The molecule has 3 unspecified atom stereocenters. The zero-order chi connectivity index (χ0) is 11.3. The summed E-state index contributed by atoms with van der Waals surface area (Å²) in [6.07, 6.45) is 18.1. The van der Waals surface area contributed by atoms with Gasteiger partial charge in [0, 0.05) is 5.25 Å². The molecule has 0 radical (unpaired) electrons. The third kappa shape index (κ3) is 1.80. The van der Waals surface area contributed by atoms with Crippen molar-refractivity contribution in [1.29, 1.82) is 0 Å². The van der Waals surface area contributed by atoms with Crippen LogP contribution in [-0.2, 0) is 4.74 Å². The Morgan fingerprint density at radius 3 is 2.82 bits per heavy atom. The highest BCUT2D eigenvalue weighted by Crippen LogP contribution is 2.54. The van der Waals surface area contributed by atoms with E-state index in [0.29, 0.717) is 11.4 Å². The molecule has 0 aromatic heterocycles. The van der Waals surface area contributed by atoms with Gasteiger partial charge in [0.1, 0.15) is 4.93 Å². The molecular formula is C15H20OS. The van der Waals surface area contributed by atoms with Crippen LogP contribution in [0, 0.1) is 11.8 Å². The van der Waals surface area contributed by atoms with E-state index < -0.39 is 0 Å². The van der Waals surface area contributed by atoms with Crippen molar-refractivity contribution in [1.82, 2.24) is 0 Å². The van der Waals surface area contributed by atoms with Crippen LogP contribution >= 0.6 is 11.8 Å². The fourth-order valence-electron chi connectivity index (χ4n) is 3.87. The Labute approximate surface area is 108 Å². The number of rotatable bonds is 2. The number of ether oxygens (including phenoxy) is 1. The van der Waals surface area contributed by atoms with Crippen LogP contribution in [0.4, 0.5) is 0 Å². The molecule has 1 saturated carbocycles. The molecule has 3 aliphatic carbocycles. The molecule has 17 heavy (non-hydrogen) atoms. The lowest BCUT2D eigenvalue weighted by molar-refractivity contribution is -0.0177. The average Bonchev–Trinajstić information content (AvgIpc) is 2.65. The van der Waals surface area contributed by atoms with E-state index in [0.717, 1.165) is 11.8 Å². The van der Waals surface area contributed by atoms with Crippen molar-refractivity contribution in [3.8, 4) is 0 Å². The van der Waals surface area contributed by atoms with E-state index in [9.17, 15) is 0 Å². The molecule has 92 valence electrons. The summed E-state index contributed by atoms with van der Waals surface area (Å²) in [4.78, 5) is 0.0147. The van der Waals surface area contributed by atoms with Crippen molar-refractivity contribution < 1.29 is 4.74 Å². The van der Waals surface area contributed by atoms with Crippen molar-refractivity contribution in [3.05, 3.63) is 24.3 Å². The van der Waals surface area contributed by atoms with E-state index in [2.05, 4.69) is 36.1 Å². The fraction of sp³-hybridized carbons (Fsp3) is 0.733. The largest absolute Gasteiger partial charge is 0.357 e. The van der Waals surface area contributed by atoms with Crippen molar-refractivity contribution in [2.45, 2.75) is 54.8 Å². The molecule has 3 heterocycles. The highest BCUT2D eigenvalue weighted by molar-refractivity contribution is 8.01. The van der Waals surface area contributed by atoms with E-state index in [4.69, 9.17) is 4.74 Å². The minimum atomic E-state index is 0.0147. The summed E-state index contributed by atoms with van der Waals surface area (Å²) >= 11 is 2.07. The first kappa shape index (κ1) is 10.7. The van der Waals surface area contributed by atoms with Crippen LogP contribution in [0.25, 0.3) is 0 Å². The number of hydrogen-bond acceptors (Lipinski definition) is 2. The summed E-state index contributed by atoms with van der Waals surface area (Å²) in [5.74, 6) is 1.54. The lowest BCUT2D eigenvalue weighted by Gasteiger charge is -2.36. The lowest BCUT2D eigenvalue weighted by atomic mass is 9.77. The van der Waals surface area contributed by atoms with Crippen LogP contribution in [0.5, 0.6) is 0 Å². The van der Waals surface area contributed by atoms with Gasteiger partial charge in [-0.3, -0.25) is 0 Å². The normalized spacial score (nSPS) is 47.9. The summed E-state index contributed by atoms with van der Waals surface area (Å²) < 4.78 is 6.52. The van der Waals surface area contributed by atoms with Gasteiger partial charge < -0.3 is 4.74 Å². The first-order valence-corrected chi connectivity index (χ1v) is 7.94. The molecule has 6 aliphatic rings. The van der Waals surface area contributed by atoms with Crippen molar-refractivity contribution >= 4 is 11.8 Å². The van der Waals surface area contributed by atoms with Crippen molar-refractivity contribution in [3.63, 3.8) is 0 Å². The Bertz CT molecular complexity index is 365. The third-order valence-corrected chi connectivity index (χ3v) is 6.21. The van der Waals surface area contributed by atoms with Gasteiger partial charge in [-0.25, -0.2) is 0 Å². The first-order chi connectivity index (χ1) is 8.33. The third-order valence-electron chi connectivity index (χ3n) is 4.76. The number of hydrogen-bond donors (Lipinski definition) is 0. The second-order valence-electron chi connectivity index (χ2n) is 6.00. The van der Waals surface area contributed by atoms with E-state index >= 15 is 0 Å². The molecule has 2 fully saturated rings. The van der Waals surface area contributed by atoms with Crippen molar-refractivity contribution in [2.75, 3.05) is 0 Å². The molecule has 6 rings (SSSR count). The minimum Gasteiger partial charge on any atom is -0.357 e.